The van der Waals surface area contributed by atoms with Gasteiger partial charge < -0.3 is 15.2 Å². The van der Waals surface area contributed by atoms with Crippen LogP contribution in [0.4, 0.5) is 0 Å². The molecule has 1 aromatic rings. The molecule has 4 rings (SSSR count). The fourth-order valence-corrected chi connectivity index (χ4v) is 3.71. The van der Waals surface area contributed by atoms with E-state index < -0.39 is 0 Å². The van der Waals surface area contributed by atoms with Crippen LogP contribution in [0.1, 0.15) is 61.7 Å². The van der Waals surface area contributed by atoms with Crippen LogP contribution in [0.15, 0.2) is 0 Å². The molecule has 2 saturated carbocycles. The van der Waals surface area contributed by atoms with E-state index in [9.17, 15) is 4.79 Å². The monoisotopic (exact) mass is 288 g/mol. The molecular weight excluding hydrogens is 264 g/mol. The van der Waals surface area contributed by atoms with Crippen molar-refractivity contribution in [3.8, 4) is 0 Å². The lowest BCUT2D eigenvalue weighted by atomic mass is 10.1. The third-order valence-electron chi connectivity index (χ3n) is 4.98. The van der Waals surface area contributed by atoms with Crippen LogP contribution in [0.5, 0.6) is 0 Å². The van der Waals surface area contributed by atoms with Gasteiger partial charge >= 0.3 is 0 Å². The number of aromatic nitrogens is 2. The summed E-state index contributed by atoms with van der Waals surface area (Å²) in [6, 6.07) is 0.438. The standard InChI is InChI=1S/C16H24N4O/c21-15(18-12-5-6-12)10-20-14-7-8-17-9-13(14)19-16(20)11-3-1-2-4-11/h11-12,17H,1-10H2,(H,18,21). The molecule has 0 spiro atoms. The van der Waals surface area contributed by atoms with Crippen LogP contribution < -0.4 is 10.6 Å². The zero-order valence-corrected chi connectivity index (χ0v) is 12.5. The predicted octanol–water partition coefficient (Wildman–Crippen LogP) is 1.46. The van der Waals surface area contributed by atoms with E-state index in [1.54, 1.807) is 0 Å². The molecule has 2 aliphatic carbocycles. The molecule has 0 unspecified atom stereocenters. The van der Waals surface area contributed by atoms with Gasteiger partial charge in [0.1, 0.15) is 12.4 Å². The number of fused-ring (bicyclic) bond motifs is 1. The van der Waals surface area contributed by atoms with E-state index in [1.807, 2.05) is 0 Å². The van der Waals surface area contributed by atoms with Crippen molar-refractivity contribution in [1.82, 2.24) is 20.2 Å². The number of nitrogens with one attached hydrogen (secondary N) is 2. The van der Waals surface area contributed by atoms with Gasteiger partial charge in [0.15, 0.2) is 0 Å². The lowest BCUT2D eigenvalue weighted by Crippen LogP contribution is -2.32. The van der Waals surface area contributed by atoms with Crippen LogP contribution in [0.2, 0.25) is 0 Å². The highest BCUT2D eigenvalue weighted by Gasteiger charge is 2.29. The van der Waals surface area contributed by atoms with E-state index in [-0.39, 0.29) is 5.91 Å². The minimum absolute atomic E-state index is 0.162. The molecule has 2 heterocycles. The smallest absolute Gasteiger partial charge is 0.240 e. The first-order valence-electron chi connectivity index (χ1n) is 8.39. The lowest BCUT2D eigenvalue weighted by Gasteiger charge is -2.17. The van der Waals surface area contributed by atoms with Crippen molar-refractivity contribution in [3.05, 3.63) is 17.2 Å². The average Bonchev–Trinajstić information content (AvgIpc) is 3.02. The Balaban J connectivity index is 1.61. The van der Waals surface area contributed by atoms with Gasteiger partial charge in [-0.2, -0.15) is 0 Å². The number of hydrogen-bond donors (Lipinski definition) is 2. The van der Waals surface area contributed by atoms with E-state index in [0.29, 0.717) is 18.5 Å². The molecule has 21 heavy (non-hydrogen) atoms. The summed E-state index contributed by atoms with van der Waals surface area (Å²) in [7, 11) is 0. The number of hydrogen-bond acceptors (Lipinski definition) is 3. The Bertz CT molecular complexity index is 541. The summed E-state index contributed by atoms with van der Waals surface area (Å²) in [5.74, 6) is 1.90. The van der Waals surface area contributed by atoms with E-state index in [2.05, 4.69) is 15.2 Å². The Kier molecular flexibility index (Phi) is 3.45. The molecule has 0 atom stereocenters. The summed E-state index contributed by atoms with van der Waals surface area (Å²) in [5.41, 5.74) is 2.46. The lowest BCUT2D eigenvalue weighted by molar-refractivity contribution is -0.121. The Morgan fingerprint density at radius 2 is 2.10 bits per heavy atom. The van der Waals surface area contributed by atoms with Gasteiger partial charge in [-0.3, -0.25) is 4.79 Å². The van der Waals surface area contributed by atoms with Crippen LogP contribution in [0, 0.1) is 0 Å². The Morgan fingerprint density at radius 1 is 1.29 bits per heavy atom. The summed E-state index contributed by atoms with van der Waals surface area (Å²) in [6.45, 7) is 2.31. The van der Waals surface area contributed by atoms with Gasteiger partial charge in [-0.25, -0.2) is 4.98 Å². The number of imidazole rings is 1. The first-order valence-corrected chi connectivity index (χ1v) is 8.39. The van der Waals surface area contributed by atoms with Crippen LogP contribution in [0.25, 0.3) is 0 Å². The first kappa shape index (κ1) is 13.3. The van der Waals surface area contributed by atoms with Crippen molar-refractivity contribution in [1.29, 1.82) is 0 Å². The Labute approximate surface area is 125 Å². The van der Waals surface area contributed by atoms with Gasteiger partial charge in [0.2, 0.25) is 5.91 Å². The molecular formula is C16H24N4O. The van der Waals surface area contributed by atoms with Crippen molar-refractivity contribution >= 4 is 5.91 Å². The Hall–Kier alpha value is -1.36. The third kappa shape index (κ3) is 2.71. The SMILES string of the molecule is O=C(Cn1c(C2CCCC2)nc2c1CCNC2)NC1CC1. The molecule has 114 valence electrons. The second-order valence-corrected chi connectivity index (χ2v) is 6.70. The molecule has 3 aliphatic rings. The zero-order chi connectivity index (χ0) is 14.2. The second-order valence-electron chi connectivity index (χ2n) is 6.70. The van der Waals surface area contributed by atoms with Crippen molar-refractivity contribution in [2.24, 2.45) is 0 Å². The summed E-state index contributed by atoms with van der Waals surface area (Å²) in [6.07, 6.45) is 8.34. The largest absolute Gasteiger partial charge is 0.352 e. The molecule has 5 heteroatoms. The molecule has 5 nitrogen and oxygen atoms in total. The molecule has 1 amide bonds. The van der Waals surface area contributed by atoms with E-state index in [1.165, 1.54) is 42.9 Å². The minimum atomic E-state index is 0.162. The molecule has 2 N–H and O–H groups in total. The Morgan fingerprint density at radius 3 is 2.86 bits per heavy atom. The maximum absolute atomic E-state index is 12.2. The molecule has 1 aliphatic heterocycles. The van der Waals surface area contributed by atoms with Crippen molar-refractivity contribution < 1.29 is 4.79 Å². The number of carbonyl (C=O) groups is 1. The molecule has 0 bridgehead atoms. The van der Waals surface area contributed by atoms with Gasteiger partial charge in [0.05, 0.1) is 5.69 Å². The van der Waals surface area contributed by atoms with Gasteiger partial charge in [0.25, 0.3) is 0 Å². The first-order chi connectivity index (χ1) is 10.3. The molecule has 2 fully saturated rings. The fraction of sp³-hybridized carbons (Fsp3) is 0.750. The van der Waals surface area contributed by atoms with Crippen molar-refractivity contribution in [2.75, 3.05) is 6.54 Å². The van der Waals surface area contributed by atoms with Gasteiger partial charge in [0, 0.05) is 37.2 Å². The fourth-order valence-electron chi connectivity index (χ4n) is 3.71. The predicted molar refractivity (Wildman–Crippen MR) is 80.0 cm³/mol. The quantitative estimate of drug-likeness (QED) is 0.882. The average molecular weight is 288 g/mol. The number of rotatable bonds is 4. The highest BCUT2D eigenvalue weighted by atomic mass is 16.2. The third-order valence-corrected chi connectivity index (χ3v) is 4.98. The maximum Gasteiger partial charge on any atom is 0.240 e. The minimum Gasteiger partial charge on any atom is -0.352 e. The van der Waals surface area contributed by atoms with Crippen LogP contribution in [-0.2, 0) is 24.3 Å². The van der Waals surface area contributed by atoms with Crippen molar-refractivity contribution in [2.45, 2.75) is 70.0 Å². The van der Waals surface area contributed by atoms with Crippen LogP contribution in [-0.4, -0.2) is 28.0 Å². The molecule has 0 aromatic carbocycles. The summed E-state index contributed by atoms with van der Waals surface area (Å²) < 4.78 is 2.24. The van der Waals surface area contributed by atoms with E-state index >= 15 is 0 Å². The van der Waals surface area contributed by atoms with Gasteiger partial charge in [-0.1, -0.05) is 12.8 Å². The van der Waals surface area contributed by atoms with Gasteiger partial charge in [-0.05, 0) is 25.7 Å². The number of carbonyl (C=O) groups excluding carboxylic acids is 1. The zero-order valence-electron chi connectivity index (χ0n) is 12.5. The van der Waals surface area contributed by atoms with Crippen LogP contribution in [0.3, 0.4) is 0 Å². The number of nitrogens with zero attached hydrogens (tertiary/aromatic N) is 2. The van der Waals surface area contributed by atoms with Gasteiger partial charge in [-0.15, -0.1) is 0 Å². The molecule has 1 aromatic heterocycles. The summed E-state index contributed by atoms with van der Waals surface area (Å²) >= 11 is 0. The number of amides is 1. The highest BCUT2D eigenvalue weighted by molar-refractivity contribution is 5.76. The van der Waals surface area contributed by atoms with Crippen LogP contribution >= 0.6 is 0 Å². The van der Waals surface area contributed by atoms with Crippen molar-refractivity contribution in [3.63, 3.8) is 0 Å². The maximum atomic E-state index is 12.2. The highest BCUT2D eigenvalue weighted by Crippen LogP contribution is 2.35. The topological polar surface area (TPSA) is 59.0 Å². The van der Waals surface area contributed by atoms with E-state index in [4.69, 9.17) is 4.98 Å². The molecule has 0 radical (unpaired) electrons. The summed E-state index contributed by atoms with van der Waals surface area (Å²) in [5, 5.41) is 6.50. The van der Waals surface area contributed by atoms with E-state index in [0.717, 1.165) is 32.4 Å². The normalized spacial score (nSPS) is 22.3. The summed E-state index contributed by atoms with van der Waals surface area (Å²) in [4.78, 5) is 17.1. The second kappa shape index (κ2) is 5.44. The molecule has 0 saturated heterocycles.